The van der Waals surface area contributed by atoms with Gasteiger partial charge in [0.25, 0.3) is 5.91 Å². The van der Waals surface area contributed by atoms with Gasteiger partial charge in [-0.2, -0.15) is 0 Å². The Hall–Kier alpha value is -0.580. The highest BCUT2D eigenvalue weighted by molar-refractivity contribution is 9.10. The number of benzene rings is 1. The van der Waals surface area contributed by atoms with Crippen LogP contribution < -0.4 is 5.32 Å². The molecule has 0 spiro atoms. The first kappa shape index (κ1) is 13.4. The lowest BCUT2D eigenvalue weighted by atomic mass is 10.1. The molecule has 2 unspecified atom stereocenters. The summed E-state index contributed by atoms with van der Waals surface area (Å²) in [6, 6.07) is 6.13. The number of hydrogen-bond acceptors (Lipinski definition) is 2. The minimum absolute atomic E-state index is 0.0718. The molecule has 2 atom stereocenters. The van der Waals surface area contributed by atoms with Crippen LogP contribution in [0.15, 0.2) is 22.7 Å². The number of fused-ring (bicyclic) bond motifs is 2. The van der Waals surface area contributed by atoms with Crippen LogP contribution in [0.5, 0.6) is 0 Å². The fraction of sp³-hybridized carbons (Fsp3) is 0.500. The Morgan fingerprint density at radius 1 is 1.32 bits per heavy atom. The van der Waals surface area contributed by atoms with Crippen molar-refractivity contribution in [2.45, 2.75) is 31.3 Å². The molecule has 2 bridgehead atoms. The van der Waals surface area contributed by atoms with Crippen molar-refractivity contribution >= 4 is 33.4 Å². The Bertz CT molecular complexity index is 494. The van der Waals surface area contributed by atoms with Gasteiger partial charge in [0.15, 0.2) is 0 Å². The topological polar surface area (TPSA) is 32.3 Å². The second-order valence-corrected chi connectivity index (χ2v) is 6.54. The van der Waals surface area contributed by atoms with Crippen LogP contribution in [0.4, 0.5) is 0 Å². The summed E-state index contributed by atoms with van der Waals surface area (Å²) in [6.45, 7) is 1.89. The lowest BCUT2D eigenvalue weighted by Crippen LogP contribution is -2.42. The zero-order valence-electron chi connectivity index (χ0n) is 10.5. The maximum absolute atomic E-state index is 12.8. The van der Waals surface area contributed by atoms with E-state index < -0.39 is 0 Å². The molecular formula is C14H16BrClN2O. The van der Waals surface area contributed by atoms with E-state index >= 15 is 0 Å². The van der Waals surface area contributed by atoms with Gasteiger partial charge in [0, 0.05) is 23.1 Å². The van der Waals surface area contributed by atoms with E-state index in [2.05, 4.69) is 21.2 Å². The van der Waals surface area contributed by atoms with Gasteiger partial charge in [-0.15, -0.1) is 0 Å². The quantitative estimate of drug-likeness (QED) is 0.850. The molecule has 0 saturated carbocycles. The molecule has 19 heavy (non-hydrogen) atoms. The van der Waals surface area contributed by atoms with E-state index in [4.69, 9.17) is 11.6 Å². The number of nitrogens with zero attached hydrogens (tertiary/aromatic N) is 1. The Morgan fingerprint density at radius 3 is 2.95 bits per heavy atom. The van der Waals surface area contributed by atoms with Crippen LogP contribution in [-0.4, -0.2) is 36.0 Å². The molecule has 1 amide bonds. The summed E-state index contributed by atoms with van der Waals surface area (Å²) >= 11 is 9.59. The normalized spacial score (nSPS) is 26.3. The second kappa shape index (κ2) is 5.43. The molecule has 2 fully saturated rings. The molecule has 3 rings (SSSR count). The first-order chi connectivity index (χ1) is 9.16. The molecule has 1 N–H and O–H groups in total. The van der Waals surface area contributed by atoms with Gasteiger partial charge in [-0.1, -0.05) is 27.5 Å². The van der Waals surface area contributed by atoms with Crippen LogP contribution in [-0.2, 0) is 0 Å². The van der Waals surface area contributed by atoms with Crippen LogP contribution in [0.2, 0.25) is 5.02 Å². The Morgan fingerprint density at radius 2 is 2.11 bits per heavy atom. The SMILES string of the molecule is O=C(c1cc(Br)ccc1Cl)N1C2CCNCC1CC2. The summed E-state index contributed by atoms with van der Waals surface area (Å²) in [5, 5.41) is 3.94. The van der Waals surface area contributed by atoms with Crippen LogP contribution in [0.25, 0.3) is 0 Å². The van der Waals surface area contributed by atoms with Crippen molar-refractivity contribution in [3.05, 3.63) is 33.3 Å². The largest absolute Gasteiger partial charge is 0.331 e. The van der Waals surface area contributed by atoms with Gasteiger partial charge in [0.05, 0.1) is 10.6 Å². The number of carbonyl (C=O) groups is 1. The predicted octanol–water partition coefficient (Wildman–Crippen LogP) is 3.07. The second-order valence-electron chi connectivity index (χ2n) is 5.21. The zero-order chi connectivity index (χ0) is 13.4. The number of nitrogens with one attached hydrogen (secondary N) is 1. The van der Waals surface area contributed by atoms with Crippen LogP contribution in [0.3, 0.4) is 0 Å². The molecule has 2 aliphatic heterocycles. The minimum atomic E-state index is 0.0718. The fourth-order valence-corrected chi connectivity index (χ4v) is 3.67. The molecule has 2 heterocycles. The average Bonchev–Trinajstić information content (AvgIpc) is 2.65. The van der Waals surface area contributed by atoms with Gasteiger partial charge in [-0.25, -0.2) is 0 Å². The van der Waals surface area contributed by atoms with E-state index in [1.807, 2.05) is 17.0 Å². The molecule has 1 aromatic carbocycles. The van der Waals surface area contributed by atoms with Gasteiger partial charge >= 0.3 is 0 Å². The highest BCUT2D eigenvalue weighted by Gasteiger charge is 2.38. The summed E-state index contributed by atoms with van der Waals surface area (Å²) in [5.74, 6) is 0.0718. The third kappa shape index (κ3) is 2.54. The molecule has 0 aliphatic carbocycles. The number of carbonyl (C=O) groups excluding carboxylic acids is 1. The van der Waals surface area contributed by atoms with Crippen molar-refractivity contribution in [2.24, 2.45) is 0 Å². The van der Waals surface area contributed by atoms with Crippen molar-refractivity contribution in [1.29, 1.82) is 0 Å². The summed E-state index contributed by atoms with van der Waals surface area (Å²) in [7, 11) is 0. The molecule has 0 aromatic heterocycles. The van der Waals surface area contributed by atoms with Crippen molar-refractivity contribution in [1.82, 2.24) is 10.2 Å². The molecule has 0 radical (unpaired) electrons. The van der Waals surface area contributed by atoms with Gasteiger partial charge < -0.3 is 10.2 Å². The average molecular weight is 344 g/mol. The third-order valence-electron chi connectivity index (χ3n) is 4.05. The van der Waals surface area contributed by atoms with E-state index in [9.17, 15) is 4.79 Å². The van der Waals surface area contributed by atoms with Crippen LogP contribution in [0, 0.1) is 0 Å². The maximum atomic E-state index is 12.8. The van der Waals surface area contributed by atoms with Crippen LogP contribution >= 0.6 is 27.5 Å². The van der Waals surface area contributed by atoms with Crippen molar-refractivity contribution < 1.29 is 4.79 Å². The monoisotopic (exact) mass is 342 g/mol. The Labute approximate surface area is 126 Å². The smallest absolute Gasteiger partial charge is 0.255 e. The number of halogens is 2. The van der Waals surface area contributed by atoms with E-state index in [0.717, 1.165) is 36.8 Å². The lowest BCUT2D eigenvalue weighted by molar-refractivity contribution is 0.0680. The molecule has 2 aliphatic rings. The van der Waals surface area contributed by atoms with Crippen molar-refractivity contribution in [3.63, 3.8) is 0 Å². The third-order valence-corrected chi connectivity index (χ3v) is 4.87. The minimum Gasteiger partial charge on any atom is -0.331 e. The fourth-order valence-electron chi connectivity index (χ4n) is 3.11. The first-order valence-electron chi connectivity index (χ1n) is 6.65. The Balaban J connectivity index is 1.93. The lowest BCUT2D eigenvalue weighted by Gasteiger charge is -2.28. The molecule has 102 valence electrons. The number of hydrogen-bond donors (Lipinski definition) is 1. The predicted molar refractivity (Wildman–Crippen MR) is 79.6 cm³/mol. The number of rotatable bonds is 1. The molecular weight excluding hydrogens is 328 g/mol. The zero-order valence-corrected chi connectivity index (χ0v) is 12.9. The van der Waals surface area contributed by atoms with E-state index in [-0.39, 0.29) is 5.91 Å². The highest BCUT2D eigenvalue weighted by atomic mass is 79.9. The van der Waals surface area contributed by atoms with E-state index in [1.165, 1.54) is 0 Å². The number of amides is 1. The summed E-state index contributed by atoms with van der Waals surface area (Å²) in [5.41, 5.74) is 0.606. The van der Waals surface area contributed by atoms with Crippen LogP contribution in [0.1, 0.15) is 29.6 Å². The van der Waals surface area contributed by atoms with Gasteiger partial charge in [-0.05, 0) is 44.0 Å². The first-order valence-corrected chi connectivity index (χ1v) is 7.82. The standard InChI is InChI=1S/C14H16BrClN2O/c15-9-1-4-13(16)12(7-9)14(19)18-10-2-3-11(18)8-17-6-5-10/h1,4,7,10-11,17H,2-3,5-6,8H2. The van der Waals surface area contributed by atoms with Crippen molar-refractivity contribution in [3.8, 4) is 0 Å². The maximum Gasteiger partial charge on any atom is 0.255 e. The molecule has 3 nitrogen and oxygen atoms in total. The molecule has 1 aromatic rings. The van der Waals surface area contributed by atoms with Gasteiger partial charge in [0.2, 0.25) is 0 Å². The highest BCUT2D eigenvalue weighted by Crippen LogP contribution is 2.31. The molecule has 2 saturated heterocycles. The van der Waals surface area contributed by atoms with E-state index in [1.54, 1.807) is 6.07 Å². The Kier molecular flexibility index (Phi) is 3.83. The summed E-state index contributed by atoms with van der Waals surface area (Å²) in [4.78, 5) is 14.8. The van der Waals surface area contributed by atoms with Gasteiger partial charge in [-0.3, -0.25) is 4.79 Å². The summed E-state index contributed by atoms with van der Waals surface area (Å²) < 4.78 is 0.889. The molecule has 5 heteroatoms. The summed E-state index contributed by atoms with van der Waals surface area (Å²) in [6.07, 6.45) is 3.24. The van der Waals surface area contributed by atoms with E-state index in [0.29, 0.717) is 22.7 Å². The van der Waals surface area contributed by atoms with Gasteiger partial charge in [0.1, 0.15) is 0 Å². The van der Waals surface area contributed by atoms with Crippen molar-refractivity contribution in [2.75, 3.05) is 13.1 Å².